The molecule has 0 aliphatic rings. The van der Waals surface area contributed by atoms with Gasteiger partial charge in [-0.05, 0) is 19.3 Å². The van der Waals surface area contributed by atoms with Crippen molar-refractivity contribution in [3.05, 3.63) is 0 Å². The Kier molecular flexibility index (Phi) is 20.9. The molecule has 0 saturated carbocycles. The molecule has 2 atom stereocenters. The second-order valence-corrected chi connectivity index (χ2v) is 9.25. The van der Waals surface area contributed by atoms with Crippen molar-refractivity contribution >= 4 is 14.6 Å². The number of rotatable bonds is 20. The van der Waals surface area contributed by atoms with E-state index in [0.717, 1.165) is 38.9 Å². The summed E-state index contributed by atoms with van der Waals surface area (Å²) in [7, 11) is 3.83. The zero-order valence-electron chi connectivity index (χ0n) is 18.8. The fourth-order valence-electron chi connectivity index (χ4n) is 2.81. The van der Waals surface area contributed by atoms with Gasteiger partial charge in [-0.25, -0.2) is 0 Å². The van der Waals surface area contributed by atoms with Crippen LogP contribution in [0.15, 0.2) is 0 Å². The van der Waals surface area contributed by atoms with Gasteiger partial charge in [0.05, 0.1) is 34.2 Å². The summed E-state index contributed by atoms with van der Waals surface area (Å²) >= 11 is 0. The second-order valence-electron chi connectivity index (χ2n) is 8.31. The smallest absolute Gasteiger partial charge is 0.330 e. The Balaban J connectivity index is 0. The minimum atomic E-state index is -2.03. The first-order valence-corrected chi connectivity index (χ1v) is 11.8. The first kappa shape index (κ1) is 30.9. The van der Waals surface area contributed by atoms with Crippen LogP contribution in [0.5, 0.6) is 0 Å². The Morgan fingerprint density at radius 1 is 0.931 bits per heavy atom. The van der Waals surface area contributed by atoms with Crippen LogP contribution in [0, 0.1) is 0 Å². The van der Waals surface area contributed by atoms with Crippen molar-refractivity contribution < 1.29 is 38.5 Å². The highest BCUT2D eigenvalue weighted by atomic mass is 31.2. The average molecular weight is 442 g/mol. The number of likely N-dealkylation sites (N-methyl/N-ethyl adjacent to an activating group) is 1. The van der Waals surface area contributed by atoms with Gasteiger partial charge in [0.25, 0.3) is 0 Å². The van der Waals surface area contributed by atoms with Crippen molar-refractivity contribution in [3.63, 3.8) is 0 Å². The zero-order chi connectivity index (χ0) is 21.3. The maximum atomic E-state index is 11.0. The molecule has 176 valence electrons. The summed E-state index contributed by atoms with van der Waals surface area (Å²) in [6.07, 6.45) is 9.52. The third-order valence-corrected chi connectivity index (χ3v) is 5.05. The highest BCUT2D eigenvalue weighted by Gasteiger charge is 2.25. The molecule has 0 aliphatic carbocycles. The Morgan fingerprint density at radius 3 is 1.97 bits per heavy atom. The van der Waals surface area contributed by atoms with Crippen LogP contribution in [-0.2, 0) is 18.6 Å². The van der Waals surface area contributed by atoms with Crippen LogP contribution < -0.4 is 0 Å². The number of hydrogen-bond donors (Lipinski definition) is 2. The zero-order valence-corrected chi connectivity index (χ0v) is 19.7. The largest absolute Gasteiger partial charge is 0.870 e. The molecule has 0 amide bonds. The second kappa shape index (κ2) is 19.6. The van der Waals surface area contributed by atoms with Crippen LogP contribution in [0.2, 0.25) is 0 Å². The van der Waals surface area contributed by atoms with Crippen molar-refractivity contribution in [1.29, 1.82) is 0 Å². The van der Waals surface area contributed by atoms with Crippen molar-refractivity contribution in [3.8, 4) is 0 Å². The quantitative estimate of drug-likeness (QED) is 0.166. The number of unbranched alkanes of at least 4 members (excludes halogenated alkanes) is 7. The fraction of sp³-hybridized carbons (Fsp3) is 0.950. The molecule has 0 aliphatic heterocycles. The predicted octanol–water partition coefficient (Wildman–Crippen LogP) is 4.16. The Labute approximate surface area is 178 Å². The van der Waals surface area contributed by atoms with Gasteiger partial charge < -0.3 is 33.7 Å². The maximum absolute atomic E-state index is 11.0. The van der Waals surface area contributed by atoms with E-state index < -0.39 is 20.7 Å². The first-order valence-electron chi connectivity index (χ1n) is 10.6. The maximum Gasteiger partial charge on any atom is 0.330 e. The molecule has 9 heteroatoms. The topological polar surface area (TPSA) is 115 Å². The van der Waals surface area contributed by atoms with E-state index in [4.69, 9.17) is 18.9 Å². The van der Waals surface area contributed by atoms with Crippen molar-refractivity contribution in [2.75, 3.05) is 47.5 Å². The Hall–Kier alpha value is -0.340. The Bertz CT molecular complexity index is 380. The molecule has 0 radical (unpaired) electrons. The van der Waals surface area contributed by atoms with Crippen molar-refractivity contribution in [1.82, 2.24) is 0 Å². The number of quaternary nitrogens is 1. The van der Waals surface area contributed by atoms with Gasteiger partial charge in [-0.3, -0.25) is 4.79 Å². The molecule has 29 heavy (non-hydrogen) atoms. The number of nitrogens with zero attached hydrogens (tertiary/aromatic N) is 1. The summed E-state index contributed by atoms with van der Waals surface area (Å²) in [6.45, 7) is 4.88. The SMILES string of the molecule is CCCCCOCCCCCCCCO[P@](O)OC(CC(=O)O)C[N+](C)(C)C.[OH-]. The molecule has 1 unspecified atom stereocenters. The number of hydrogen-bond acceptors (Lipinski definition) is 6. The summed E-state index contributed by atoms with van der Waals surface area (Å²) in [5, 5.41) is 8.98. The molecule has 0 fully saturated rings. The highest BCUT2D eigenvalue weighted by molar-refractivity contribution is 7.40. The van der Waals surface area contributed by atoms with Crippen LogP contribution in [0.4, 0.5) is 0 Å². The van der Waals surface area contributed by atoms with Gasteiger partial charge in [-0.2, -0.15) is 0 Å². The molecule has 3 N–H and O–H groups in total. The van der Waals surface area contributed by atoms with Crippen LogP contribution in [0.3, 0.4) is 0 Å². The molecule has 0 aromatic rings. The molecule has 0 heterocycles. The Morgan fingerprint density at radius 2 is 1.45 bits per heavy atom. The van der Waals surface area contributed by atoms with Gasteiger partial charge in [-0.15, -0.1) is 0 Å². The summed E-state index contributed by atoms with van der Waals surface area (Å²) in [6, 6.07) is 0. The summed E-state index contributed by atoms with van der Waals surface area (Å²) < 4.78 is 16.9. The van der Waals surface area contributed by atoms with E-state index in [-0.39, 0.29) is 11.9 Å². The summed E-state index contributed by atoms with van der Waals surface area (Å²) in [5.74, 6) is -0.937. The lowest BCUT2D eigenvalue weighted by atomic mass is 10.1. The van der Waals surface area contributed by atoms with E-state index in [1.54, 1.807) is 0 Å². The molecule has 0 saturated heterocycles. The van der Waals surface area contributed by atoms with Crippen LogP contribution >= 0.6 is 8.60 Å². The van der Waals surface area contributed by atoms with Crippen molar-refractivity contribution in [2.45, 2.75) is 77.2 Å². The van der Waals surface area contributed by atoms with Crippen LogP contribution in [-0.4, -0.2) is 79.5 Å². The lowest BCUT2D eigenvalue weighted by Gasteiger charge is -2.29. The van der Waals surface area contributed by atoms with Crippen molar-refractivity contribution in [2.24, 2.45) is 0 Å². The minimum Gasteiger partial charge on any atom is -0.870 e. The third kappa shape index (κ3) is 23.8. The number of carbonyl (C=O) groups is 1. The number of carboxylic acids is 1. The molecule has 0 bridgehead atoms. The van der Waals surface area contributed by atoms with E-state index in [1.807, 2.05) is 21.1 Å². The fourth-order valence-corrected chi connectivity index (χ4v) is 3.55. The molecule has 0 aromatic carbocycles. The number of ether oxygens (including phenoxy) is 1. The average Bonchev–Trinajstić information content (AvgIpc) is 2.56. The molecular formula is C20H44NO7P. The third-order valence-electron chi connectivity index (χ3n) is 4.17. The minimum absolute atomic E-state index is 0. The van der Waals surface area contributed by atoms with E-state index in [0.29, 0.717) is 17.6 Å². The molecule has 0 aromatic heterocycles. The van der Waals surface area contributed by atoms with Crippen LogP contribution in [0.1, 0.15) is 71.1 Å². The monoisotopic (exact) mass is 441 g/mol. The molecule has 8 nitrogen and oxygen atoms in total. The van der Waals surface area contributed by atoms with E-state index in [9.17, 15) is 9.69 Å². The van der Waals surface area contributed by atoms with Gasteiger partial charge in [0, 0.05) is 13.2 Å². The lowest BCUT2D eigenvalue weighted by Crippen LogP contribution is -2.42. The van der Waals surface area contributed by atoms with Crippen LogP contribution in [0.25, 0.3) is 0 Å². The van der Waals surface area contributed by atoms with Gasteiger partial charge in [-0.1, -0.05) is 45.4 Å². The summed E-state index contributed by atoms with van der Waals surface area (Å²) in [4.78, 5) is 20.9. The normalized spacial score (nSPS) is 13.7. The van der Waals surface area contributed by atoms with Gasteiger partial charge in [0.2, 0.25) is 0 Å². The molecule has 0 rings (SSSR count). The predicted molar refractivity (Wildman–Crippen MR) is 115 cm³/mol. The lowest BCUT2D eigenvalue weighted by molar-refractivity contribution is -0.873. The van der Waals surface area contributed by atoms with E-state index in [1.165, 1.54) is 32.1 Å². The van der Waals surface area contributed by atoms with E-state index >= 15 is 0 Å². The summed E-state index contributed by atoms with van der Waals surface area (Å²) in [5.41, 5.74) is 0. The van der Waals surface area contributed by atoms with E-state index in [2.05, 4.69) is 6.92 Å². The molecular weight excluding hydrogens is 397 g/mol. The van der Waals surface area contributed by atoms with Gasteiger partial charge in [0.15, 0.2) is 0 Å². The number of carboxylic acid groups (broad SMARTS) is 1. The highest BCUT2D eigenvalue weighted by Crippen LogP contribution is 2.36. The van der Waals surface area contributed by atoms with Gasteiger partial charge >= 0.3 is 14.6 Å². The number of aliphatic carboxylic acids is 1. The van der Waals surface area contributed by atoms with Gasteiger partial charge in [0.1, 0.15) is 12.6 Å². The first-order chi connectivity index (χ1) is 13.2. The molecule has 0 spiro atoms. The standard InChI is InChI=1S/C20H42NO6P.H2O/c1-5-6-11-14-25-15-12-9-7-8-10-13-16-26-28(24)27-19(17-20(22)23)18-21(2,3)4;/h19,24H,5-18H2,1-4H3;1H2/t19?,28-;/m0./s1.